The Hall–Kier alpha value is -1.87. The molecule has 21 heavy (non-hydrogen) atoms. The third kappa shape index (κ3) is 4.87. The van der Waals surface area contributed by atoms with E-state index in [0.717, 1.165) is 9.35 Å². The highest BCUT2D eigenvalue weighted by molar-refractivity contribution is 9.10. The third-order valence-corrected chi connectivity index (χ3v) is 4.25. The quantitative estimate of drug-likeness (QED) is 0.721. The molecule has 0 aliphatic carbocycles. The summed E-state index contributed by atoms with van der Waals surface area (Å²) in [7, 11) is 0. The van der Waals surface area contributed by atoms with Crippen molar-refractivity contribution >= 4 is 39.3 Å². The van der Waals surface area contributed by atoms with Crippen LogP contribution in [0.25, 0.3) is 0 Å². The summed E-state index contributed by atoms with van der Waals surface area (Å²) in [5.41, 5.74) is -0.0114. The zero-order chi connectivity index (χ0) is 15.2. The highest BCUT2D eigenvalue weighted by atomic mass is 79.9. The Morgan fingerprint density at radius 3 is 2.86 bits per heavy atom. The van der Waals surface area contributed by atoms with Crippen LogP contribution in [0.4, 0.5) is 4.79 Å². The Balaban J connectivity index is 1.67. The minimum absolute atomic E-state index is 0.0114. The van der Waals surface area contributed by atoms with E-state index >= 15 is 0 Å². The maximum atomic E-state index is 11.6. The molecule has 0 saturated heterocycles. The largest absolute Gasteiger partial charge is 0.476 e. The van der Waals surface area contributed by atoms with E-state index in [1.165, 1.54) is 12.5 Å². The maximum Gasteiger partial charge on any atom is 0.356 e. The van der Waals surface area contributed by atoms with Crippen LogP contribution in [0.15, 0.2) is 28.4 Å². The first-order chi connectivity index (χ1) is 10.0. The fourth-order valence-corrected chi connectivity index (χ4v) is 2.96. The van der Waals surface area contributed by atoms with Gasteiger partial charge in [0.15, 0.2) is 5.69 Å². The molecule has 2 heterocycles. The predicted octanol–water partition coefficient (Wildman–Crippen LogP) is 1.90. The van der Waals surface area contributed by atoms with Gasteiger partial charge in [0.05, 0.1) is 12.9 Å². The van der Waals surface area contributed by atoms with Crippen LogP contribution in [0.1, 0.15) is 15.4 Å². The van der Waals surface area contributed by atoms with Gasteiger partial charge in [0.1, 0.15) is 0 Å². The number of urea groups is 1. The summed E-state index contributed by atoms with van der Waals surface area (Å²) in [5, 5.41) is 16.1. The molecule has 0 unspecified atom stereocenters. The van der Waals surface area contributed by atoms with Crippen LogP contribution in [0.5, 0.6) is 0 Å². The van der Waals surface area contributed by atoms with Crippen molar-refractivity contribution < 1.29 is 14.7 Å². The number of aromatic carboxylic acids is 1. The lowest BCUT2D eigenvalue weighted by molar-refractivity contribution is 0.0691. The van der Waals surface area contributed by atoms with Gasteiger partial charge in [-0.15, -0.1) is 11.3 Å². The number of nitrogens with one attached hydrogen (secondary N) is 2. The van der Waals surface area contributed by atoms with Gasteiger partial charge in [-0.1, -0.05) is 0 Å². The predicted molar refractivity (Wildman–Crippen MR) is 81.4 cm³/mol. The van der Waals surface area contributed by atoms with Gasteiger partial charge >= 0.3 is 12.0 Å². The van der Waals surface area contributed by atoms with Crippen molar-refractivity contribution in [1.82, 2.24) is 20.2 Å². The van der Waals surface area contributed by atoms with Crippen LogP contribution in [-0.2, 0) is 13.1 Å². The van der Waals surface area contributed by atoms with Gasteiger partial charge in [0.25, 0.3) is 0 Å². The minimum atomic E-state index is -1.07. The molecule has 2 aromatic rings. The number of carboxylic acids is 1. The van der Waals surface area contributed by atoms with Crippen LogP contribution in [0, 0.1) is 0 Å². The minimum Gasteiger partial charge on any atom is -0.476 e. The Labute approximate surface area is 133 Å². The molecule has 7 nitrogen and oxygen atoms in total. The van der Waals surface area contributed by atoms with Crippen molar-refractivity contribution in [3.05, 3.63) is 39.0 Å². The first-order valence-corrected chi connectivity index (χ1v) is 7.71. The van der Waals surface area contributed by atoms with E-state index in [2.05, 4.69) is 31.5 Å². The topological polar surface area (TPSA) is 96.2 Å². The number of hydrogen-bond donors (Lipinski definition) is 3. The smallest absolute Gasteiger partial charge is 0.356 e. The molecule has 2 rings (SSSR count). The lowest BCUT2D eigenvalue weighted by Gasteiger charge is -2.07. The zero-order valence-electron chi connectivity index (χ0n) is 10.9. The van der Waals surface area contributed by atoms with E-state index < -0.39 is 5.97 Å². The fraction of sp³-hybridized carbons (Fsp3) is 0.250. The molecule has 2 aromatic heterocycles. The van der Waals surface area contributed by atoms with Gasteiger partial charge < -0.3 is 20.3 Å². The molecule has 3 N–H and O–H groups in total. The summed E-state index contributed by atoms with van der Waals surface area (Å²) in [6.45, 7) is 1.31. The number of carbonyl (C=O) groups is 2. The first kappa shape index (κ1) is 15.5. The molecule has 9 heteroatoms. The molecule has 112 valence electrons. The van der Waals surface area contributed by atoms with Gasteiger partial charge in [-0.2, -0.15) is 0 Å². The molecular weight excluding hydrogens is 360 g/mol. The Morgan fingerprint density at radius 2 is 2.24 bits per heavy atom. The number of nitrogens with zero attached hydrogens (tertiary/aromatic N) is 2. The van der Waals surface area contributed by atoms with Gasteiger partial charge in [0.2, 0.25) is 0 Å². The summed E-state index contributed by atoms with van der Waals surface area (Å²) in [4.78, 5) is 27.0. The average molecular weight is 373 g/mol. The number of hydrogen-bond acceptors (Lipinski definition) is 4. The monoisotopic (exact) mass is 372 g/mol. The molecule has 0 bridgehead atoms. The SMILES string of the molecule is O=C(NCCn1cnc(C(=O)O)c1)NCc1cc(Br)cs1. The fourth-order valence-electron chi connectivity index (χ4n) is 1.57. The second-order valence-electron chi connectivity index (χ2n) is 4.14. The average Bonchev–Trinajstić information content (AvgIpc) is 3.05. The number of rotatable bonds is 6. The van der Waals surface area contributed by atoms with E-state index in [1.807, 2.05) is 11.4 Å². The van der Waals surface area contributed by atoms with Crippen molar-refractivity contribution in [3.8, 4) is 0 Å². The van der Waals surface area contributed by atoms with Crippen molar-refractivity contribution in [2.45, 2.75) is 13.1 Å². The van der Waals surface area contributed by atoms with Crippen molar-refractivity contribution in [3.63, 3.8) is 0 Å². The molecule has 0 aliphatic rings. The van der Waals surface area contributed by atoms with Crippen LogP contribution in [-0.4, -0.2) is 33.2 Å². The van der Waals surface area contributed by atoms with Crippen LogP contribution in [0.2, 0.25) is 0 Å². The van der Waals surface area contributed by atoms with E-state index in [9.17, 15) is 9.59 Å². The number of carboxylic acid groups (broad SMARTS) is 1. The summed E-state index contributed by atoms with van der Waals surface area (Å²) in [6, 6.07) is 1.68. The summed E-state index contributed by atoms with van der Waals surface area (Å²) < 4.78 is 2.61. The zero-order valence-corrected chi connectivity index (χ0v) is 13.3. The van der Waals surface area contributed by atoms with Crippen LogP contribution >= 0.6 is 27.3 Å². The van der Waals surface area contributed by atoms with Gasteiger partial charge in [-0.05, 0) is 22.0 Å². The van der Waals surface area contributed by atoms with Gasteiger partial charge in [-0.25, -0.2) is 14.6 Å². The number of carbonyl (C=O) groups excluding carboxylic acids is 1. The van der Waals surface area contributed by atoms with Crippen molar-refractivity contribution in [1.29, 1.82) is 0 Å². The lowest BCUT2D eigenvalue weighted by Crippen LogP contribution is -2.36. The highest BCUT2D eigenvalue weighted by Crippen LogP contribution is 2.19. The standard InChI is InChI=1S/C12H13BrN4O3S/c13-8-3-9(21-6-8)4-15-12(20)14-1-2-17-5-10(11(18)19)16-7-17/h3,5-7H,1-2,4H2,(H,18,19)(H2,14,15,20). The number of imidazole rings is 1. The van der Waals surface area contributed by atoms with Gasteiger partial charge in [0, 0.05) is 34.0 Å². The summed E-state index contributed by atoms with van der Waals surface area (Å²) in [5.74, 6) is -1.07. The lowest BCUT2D eigenvalue weighted by atomic mass is 10.4. The van der Waals surface area contributed by atoms with Crippen LogP contribution in [0.3, 0.4) is 0 Å². The number of amides is 2. The summed E-state index contributed by atoms with van der Waals surface area (Å²) in [6.07, 6.45) is 2.84. The Kier molecular flexibility index (Phi) is 5.34. The highest BCUT2D eigenvalue weighted by Gasteiger charge is 2.06. The normalized spacial score (nSPS) is 10.3. The first-order valence-electron chi connectivity index (χ1n) is 6.04. The third-order valence-electron chi connectivity index (χ3n) is 2.55. The Bertz CT molecular complexity index is 640. The molecule has 0 fully saturated rings. The molecular formula is C12H13BrN4O3S. The van der Waals surface area contributed by atoms with Crippen LogP contribution < -0.4 is 10.6 Å². The Morgan fingerprint density at radius 1 is 1.43 bits per heavy atom. The molecule has 2 amide bonds. The molecule has 0 radical (unpaired) electrons. The second kappa shape index (κ2) is 7.23. The van der Waals surface area contributed by atoms with E-state index in [4.69, 9.17) is 5.11 Å². The summed E-state index contributed by atoms with van der Waals surface area (Å²) >= 11 is 4.91. The van der Waals surface area contributed by atoms with E-state index in [-0.39, 0.29) is 11.7 Å². The number of halogens is 1. The van der Waals surface area contributed by atoms with Crippen molar-refractivity contribution in [2.24, 2.45) is 0 Å². The van der Waals surface area contributed by atoms with Crippen molar-refractivity contribution in [2.75, 3.05) is 6.54 Å². The maximum absolute atomic E-state index is 11.6. The van der Waals surface area contributed by atoms with E-state index in [0.29, 0.717) is 19.6 Å². The second-order valence-corrected chi connectivity index (χ2v) is 6.05. The molecule has 0 atom stereocenters. The molecule has 0 saturated carbocycles. The number of aromatic nitrogens is 2. The van der Waals surface area contributed by atoms with E-state index in [1.54, 1.807) is 15.9 Å². The molecule has 0 spiro atoms. The van der Waals surface area contributed by atoms with Gasteiger partial charge in [-0.3, -0.25) is 0 Å². The number of thiophene rings is 1. The molecule has 0 aliphatic heterocycles. The molecule has 0 aromatic carbocycles.